The Morgan fingerprint density at radius 3 is 3.04 bits per heavy atom. The van der Waals surface area contributed by atoms with E-state index in [1.807, 2.05) is 42.2 Å². The summed E-state index contributed by atoms with van der Waals surface area (Å²) in [6, 6.07) is 12.2. The van der Waals surface area contributed by atoms with Crippen molar-refractivity contribution in [1.29, 1.82) is 0 Å². The van der Waals surface area contributed by atoms with E-state index in [0.29, 0.717) is 24.7 Å². The Morgan fingerprint density at radius 1 is 1.32 bits per heavy atom. The molecule has 1 aliphatic rings. The van der Waals surface area contributed by atoms with Gasteiger partial charge in [-0.15, -0.1) is 11.3 Å². The molecule has 0 bridgehead atoms. The van der Waals surface area contributed by atoms with Crippen LogP contribution in [0.4, 0.5) is 0 Å². The van der Waals surface area contributed by atoms with Crippen molar-refractivity contribution < 1.29 is 9.32 Å². The van der Waals surface area contributed by atoms with Crippen LogP contribution in [-0.4, -0.2) is 34.0 Å². The van der Waals surface area contributed by atoms with E-state index >= 15 is 0 Å². The van der Waals surface area contributed by atoms with Crippen LogP contribution < -0.4 is 0 Å². The zero-order valence-electron chi connectivity index (χ0n) is 14.0. The van der Waals surface area contributed by atoms with Crippen LogP contribution >= 0.6 is 11.3 Å². The van der Waals surface area contributed by atoms with Gasteiger partial charge < -0.3 is 9.42 Å². The molecule has 1 aliphatic heterocycles. The number of carbonyl (C=O) groups excluding carboxylic acids is 1. The van der Waals surface area contributed by atoms with E-state index in [1.165, 1.54) is 4.88 Å². The lowest BCUT2D eigenvalue weighted by Gasteiger charge is -2.15. The summed E-state index contributed by atoms with van der Waals surface area (Å²) in [4.78, 5) is 20.0. The van der Waals surface area contributed by atoms with Crippen LogP contribution in [0.2, 0.25) is 0 Å². The van der Waals surface area contributed by atoms with Crippen LogP contribution in [0.25, 0.3) is 11.4 Å². The van der Waals surface area contributed by atoms with Crippen LogP contribution in [0, 0.1) is 6.92 Å². The van der Waals surface area contributed by atoms with Gasteiger partial charge in [-0.1, -0.05) is 35.0 Å². The molecule has 1 atom stereocenters. The first-order valence-corrected chi connectivity index (χ1v) is 9.28. The highest BCUT2D eigenvalue weighted by atomic mass is 32.1. The number of aryl methyl sites for hydroxylation is 1. The number of amides is 1. The smallest absolute Gasteiger partial charge is 0.232 e. The summed E-state index contributed by atoms with van der Waals surface area (Å²) in [5.74, 6) is 1.30. The Balaban J connectivity index is 1.43. The molecule has 1 unspecified atom stereocenters. The lowest BCUT2D eigenvalue weighted by atomic mass is 10.1. The van der Waals surface area contributed by atoms with E-state index in [4.69, 9.17) is 4.52 Å². The van der Waals surface area contributed by atoms with Gasteiger partial charge in [-0.25, -0.2) is 0 Å². The molecular weight excluding hydrogens is 334 g/mol. The Kier molecular flexibility index (Phi) is 4.36. The van der Waals surface area contributed by atoms with Crippen molar-refractivity contribution in [3.63, 3.8) is 0 Å². The second-order valence-corrected chi connectivity index (χ2v) is 7.43. The first kappa shape index (κ1) is 16.0. The quantitative estimate of drug-likeness (QED) is 0.702. The molecule has 25 heavy (non-hydrogen) atoms. The predicted octanol–water partition coefficient (Wildman–Crippen LogP) is 3.67. The van der Waals surface area contributed by atoms with Gasteiger partial charge in [0.25, 0.3) is 0 Å². The summed E-state index contributed by atoms with van der Waals surface area (Å²) < 4.78 is 5.45. The highest BCUT2D eigenvalue weighted by Crippen LogP contribution is 2.29. The molecule has 0 N–H and O–H groups in total. The van der Waals surface area contributed by atoms with Gasteiger partial charge in [0, 0.05) is 30.0 Å². The normalized spacial score (nSPS) is 17.4. The summed E-state index contributed by atoms with van der Waals surface area (Å²) in [5.41, 5.74) is 2.09. The fraction of sp³-hybridized carbons (Fsp3) is 0.316. The Hall–Kier alpha value is -2.47. The van der Waals surface area contributed by atoms with Crippen LogP contribution in [0.1, 0.15) is 28.7 Å². The first-order valence-electron chi connectivity index (χ1n) is 8.40. The average molecular weight is 353 g/mol. The van der Waals surface area contributed by atoms with E-state index in [1.54, 1.807) is 11.3 Å². The lowest BCUT2D eigenvalue weighted by molar-refractivity contribution is -0.127. The van der Waals surface area contributed by atoms with Crippen molar-refractivity contribution in [2.45, 2.75) is 25.7 Å². The number of benzene rings is 1. The molecule has 1 fully saturated rings. The molecule has 1 amide bonds. The minimum Gasteiger partial charge on any atom is -0.342 e. The molecule has 1 saturated heterocycles. The molecule has 0 radical (unpaired) electrons. The third-order valence-electron chi connectivity index (χ3n) is 4.49. The zero-order valence-corrected chi connectivity index (χ0v) is 14.8. The van der Waals surface area contributed by atoms with Crippen molar-refractivity contribution in [3.05, 3.63) is 58.1 Å². The second-order valence-electron chi connectivity index (χ2n) is 6.40. The number of nitrogens with zero attached hydrogens (tertiary/aromatic N) is 3. The SMILES string of the molecule is Cc1cccc(-c2noc(C3CC(=O)N(CCc4cccs4)C3)n2)c1. The van der Waals surface area contributed by atoms with Crippen molar-refractivity contribution in [3.8, 4) is 11.4 Å². The maximum atomic E-state index is 12.3. The Morgan fingerprint density at radius 2 is 2.24 bits per heavy atom. The van der Waals surface area contributed by atoms with Crippen LogP contribution in [0.5, 0.6) is 0 Å². The molecule has 6 heteroatoms. The van der Waals surface area contributed by atoms with Crippen molar-refractivity contribution >= 4 is 17.2 Å². The van der Waals surface area contributed by atoms with E-state index in [0.717, 1.165) is 24.1 Å². The van der Waals surface area contributed by atoms with Crippen molar-refractivity contribution in [2.75, 3.05) is 13.1 Å². The van der Waals surface area contributed by atoms with Crippen molar-refractivity contribution in [2.24, 2.45) is 0 Å². The molecule has 0 aliphatic carbocycles. The lowest BCUT2D eigenvalue weighted by Crippen LogP contribution is -2.27. The molecule has 128 valence electrons. The largest absolute Gasteiger partial charge is 0.342 e. The highest BCUT2D eigenvalue weighted by Gasteiger charge is 2.34. The molecule has 1 aromatic carbocycles. The number of likely N-dealkylation sites (tertiary alicyclic amines) is 1. The third-order valence-corrected chi connectivity index (χ3v) is 5.43. The molecule has 0 saturated carbocycles. The summed E-state index contributed by atoms with van der Waals surface area (Å²) in [6.45, 7) is 3.43. The van der Waals surface area contributed by atoms with E-state index in [2.05, 4.69) is 21.6 Å². The Bertz CT molecular complexity index is 872. The van der Waals surface area contributed by atoms with Crippen LogP contribution in [-0.2, 0) is 11.2 Å². The minimum atomic E-state index is -0.0121. The molecule has 2 aromatic heterocycles. The third kappa shape index (κ3) is 3.49. The highest BCUT2D eigenvalue weighted by molar-refractivity contribution is 7.09. The van der Waals surface area contributed by atoms with E-state index < -0.39 is 0 Å². The zero-order chi connectivity index (χ0) is 17.2. The predicted molar refractivity (Wildman–Crippen MR) is 96.4 cm³/mol. The number of hydrogen-bond acceptors (Lipinski definition) is 5. The van der Waals surface area contributed by atoms with Crippen LogP contribution in [0.15, 0.2) is 46.3 Å². The van der Waals surface area contributed by atoms with Gasteiger partial charge in [0.05, 0.1) is 5.92 Å². The summed E-state index contributed by atoms with van der Waals surface area (Å²) in [5, 5.41) is 6.16. The van der Waals surface area contributed by atoms with Gasteiger partial charge in [0.2, 0.25) is 17.6 Å². The van der Waals surface area contributed by atoms with Gasteiger partial charge in [-0.05, 0) is 30.9 Å². The van der Waals surface area contributed by atoms with Gasteiger partial charge in [-0.3, -0.25) is 4.79 Å². The number of hydrogen-bond donors (Lipinski definition) is 0. The first-order chi connectivity index (χ1) is 12.2. The molecular formula is C19H19N3O2S. The molecule has 0 spiro atoms. The molecule has 3 heterocycles. The number of carbonyl (C=O) groups is 1. The van der Waals surface area contributed by atoms with Crippen LogP contribution in [0.3, 0.4) is 0 Å². The van der Waals surface area contributed by atoms with Crippen molar-refractivity contribution in [1.82, 2.24) is 15.0 Å². The number of rotatable bonds is 5. The standard InChI is InChI=1S/C19H19N3O2S/c1-13-4-2-5-14(10-13)18-20-19(24-21-18)15-11-17(23)22(12-15)8-7-16-6-3-9-25-16/h2-6,9-10,15H,7-8,11-12H2,1H3. The minimum absolute atomic E-state index is 0.0121. The topological polar surface area (TPSA) is 59.2 Å². The molecule has 4 rings (SSSR count). The average Bonchev–Trinajstić information content (AvgIpc) is 3.34. The van der Waals surface area contributed by atoms with E-state index in [9.17, 15) is 4.79 Å². The number of thiophene rings is 1. The maximum absolute atomic E-state index is 12.3. The molecule has 3 aromatic rings. The summed E-state index contributed by atoms with van der Waals surface area (Å²) in [7, 11) is 0. The summed E-state index contributed by atoms with van der Waals surface area (Å²) >= 11 is 1.73. The maximum Gasteiger partial charge on any atom is 0.232 e. The van der Waals surface area contributed by atoms with Gasteiger partial charge in [-0.2, -0.15) is 4.98 Å². The van der Waals surface area contributed by atoms with Gasteiger partial charge >= 0.3 is 0 Å². The second kappa shape index (κ2) is 6.80. The fourth-order valence-electron chi connectivity index (χ4n) is 3.16. The number of aromatic nitrogens is 2. The van der Waals surface area contributed by atoms with Gasteiger partial charge in [0.15, 0.2) is 0 Å². The molecule has 5 nitrogen and oxygen atoms in total. The van der Waals surface area contributed by atoms with Gasteiger partial charge in [0.1, 0.15) is 0 Å². The monoisotopic (exact) mass is 353 g/mol. The fourth-order valence-corrected chi connectivity index (χ4v) is 3.85. The summed E-state index contributed by atoms with van der Waals surface area (Å²) in [6.07, 6.45) is 1.34. The van der Waals surface area contributed by atoms with E-state index in [-0.39, 0.29) is 11.8 Å². The Labute approximate surface area is 150 Å².